The molecule has 0 aliphatic heterocycles. The number of thioether (sulfide) groups is 1. The monoisotopic (exact) mass is 542 g/mol. The van der Waals surface area contributed by atoms with Crippen molar-refractivity contribution in [2.24, 2.45) is 5.92 Å². The molecule has 190 valence electrons. The van der Waals surface area contributed by atoms with Crippen LogP contribution in [0.3, 0.4) is 0 Å². The maximum Gasteiger partial charge on any atom is 0.243 e. The SMILES string of the molecule is CC(C)CNC(=O)C(Cc1ccccc1)N(Cc1ccccc1Cl)C(=O)CSCc1cccc(Cl)c1. The van der Waals surface area contributed by atoms with Crippen LogP contribution in [0, 0.1) is 5.92 Å². The van der Waals surface area contributed by atoms with Gasteiger partial charge in [-0.3, -0.25) is 9.59 Å². The summed E-state index contributed by atoms with van der Waals surface area (Å²) in [6.07, 6.45) is 0.417. The molecule has 7 heteroatoms. The van der Waals surface area contributed by atoms with E-state index in [0.29, 0.717) is 34.7 Å². The first kappa shape index (κ1) is 28.1. The summed E-state index contributed by atoms with van der Waals surface area (Å²) < 4.78 is 0. The van der Waals surface area contributed by atoms with Crippen LogP contribution in [0.2, 0.25) is 10.0 Å². The Hall–Kier alpha value is -2.47. The van der Waals surface area contributed by atoms with Crippen LogP contribution in [0.15, 0.2) is 78.9 Å². The topological polar surface area (TPSA) is 49.4 Å². The predicted octanol–water partition coefficient (Wildman–Crippen LogP) is 6.64. The number of halogens is 2. The van der Waals surface area contributed by atoms with Gasteiger partial charge in [-0.15, -0.1) is 11.8 Å². The Labute approximate surface area is 228 Å². The minimum absolute atomic E-state index is 0.109. The second-order valence-electron chi connectivity index (χ2n) is 9.08. The van der Waals surface area contributed by atoms with Crippen molar-refractivity contribution in [3.63, 3.8) is 0 Å². The van der Waals surface area contributed by atoms with E-state index in [2.05, 4.69) is 5.32 Å². The van der Waals surface area contributed by atoms with Crippen LogP contribution < -0.4 is 5.32 Å². The van der Waals surface area contributed by atoms with Gasteiger partial charge in [-0.1, -0.05) is 97.7 Å². The Morgan fingerprint density at radius 3 is 2.31 bits per heavy atom. The molecule has 1 N–H and O–H groups in total. The van der Waals surface area contributed by atoms with Gasteiger partial charge in [0.25, 0.3) is 0 Å². The van der Waals surface area contributed by atoms with Crippen molar-refractivity contribution in [1.82, 2.24) is 10.2 Å². The summed E-state index contributed by atoms with van der Waals surface area (Å²) in [5.74, 6) is 0.914. The van der Waals surface area contributed by atoms with E-state index in [1.54, 1.807) is 11.0 Å². The summed E-state index contributed by atoms with van der Waals surface area (Å²) in [6.45, 7) is 4.89. The zero-order valence-electron chi connectivity index (χ0n) is 20.6. The molecule has 0 spiro atoms. The Balaban J connectivity index is 1.85. The first-order valence-corrected chi connectivity index (χ1v) is 13.9. The predicted molar refractivity (Wildman–Crippen MR) is 151 cm³/mol. The average Bonchev–Trinajstić information content (AvgIpc) is 2.86. The molecule has 0 aromatic heterocycles. The summed E-state index contributed by atoms with van der Waals surface area (Å²) in [7, 11) is 0. The third-order valence-electron chi connectivity index (χ3n) is 5.64. The van der Waals surface area contributed by atoms with Gasteiger partial charge in [-0.2, -0.15) is 0 Å². The van der Waals surface area contributed by atoms with Crippen LogP contribution in [0.1, 0.15) is 30.5 Å². The van der Waals surface area contributed by atoms with Crippen LogP contribution in [0.25, 0.3) is 0 Å². The molecule has 1 atom stereocenters. The van der Waals surface area contributed by atoms with E-state index in [-0.39, 0.29) is 24.1 Å². The van der Waals surface area contributed by atoms with E-state index in [4.69, 9.17) is 23.2 Å². The molecule has 4 nitrogen and oxygen atoms in total. The highest BCUT2D eigenvalue weighted by atomic mass is 35.5. The highest BCUT2D eigenvalue weighted by molar-refractivity contribution is 7.99. The number of nitrogens with one attached hydrogen (secondary N) is 1. The molecule has 3 rings (SSSR count). The maximum absolute atomic E-state index is 13.6. The quantitative estimate of drug-likeness (QED) is 0.279. The molecule has 1 unspecified atom stereocenters. The Bertz CT molecular complexity index is 1140. The van der Waals surface area contributed by atoms with Gasteiger partial charge in [0.15, 0.2) is 0 Å². The van der Waals surface area contributed by atoms with Gasteiger partial charge in [-0.05, 0) is 40.8 Å². The smallest absolute Gasteiger partial charge is 0.243 e. The molecule has 2 amide bonds. The van der Waals surface area contributed by atoms with Crippen molar-refractivity contribution < 1.29 is 9.59 Å². The van der Waals surface area contributed by atoms with Crippen molar-refractivity contribution in [1.29, 1.82) is 0 Å². The summed E-state index contributed by atoms with van der Waals surface area (Å²) >= 11 is 14.1. The number of carbonyl (C=O) groups is 2. The lowest BCUT2D eigenvalue weighted by Gasteiger charge is -2.32. The molecule has 0 bridgehead atoms. The van der Waals surface area contributed by atoms with Crippen molar-refractivity contribution in [2.45, 2.75) is 38.6 Å². The van der Waals surface area contributed by atoms with E-state index in [9.17, 15) is 9.59 Å². The summed E-state index contributed by atoms with van der Waals surface area (Å²) in [5, 5.41) is 4.28. The van der Waals surface area contributed by atoms with Crippen LogP contribution in [0.4, 0.5) is 0 Å². The highest BCUT2D eigenvalue weighted by Crippen LogP contribution is 2.23. The van der Waals surface area contributed by atoms with E-state index >= 15 is 0 Å². The highest BCUT2D eigenvalue weighted by Gasteiger charge is 2.30. The van der Waals surface area contributed by atoms with Gasteiger partial charge in [0.1, 0.15) is 6.04 Å². The summed E-state index contributed by atoms with van der Waals surface area (Å²) in [6, 6.07) is 24.2. The first-order chi connectivity index (χ1) is 17.3. The maximum atomic E-state index is 13.6. The Morgan fingerprint density at radius 1 is 0.917 bits per heavy atom. The lowest BCUT2D eigenvalue weighted by molar-refractivity contribution is -0.139. The van der Waals surface area contributed by atoms with Gasteiger partial charge in [0.05, 0.1) is 5.75 Å². The lowest BCUT2D eigenvalue weighted by Crippen LogP contribution is -2.51. The lowest BCUT2D eigenvalue weighted by atomic mass is 10.0. The molecule has 0 fully saturated rings. The number of carbonyl (C=O) groups excluding carboxylic acids is 2. The first-order valence-electron chi connectivity index (χ1n) is 12.0. The van der Waals surface area contributed by atoms with Crippen LogP contribution in [0.5, 0.6) is 0 Å². The fourth-order valence-corrected chi connectivity index (χ4v) is 5.02. The second-order valence-corrected chi connectivity index (χ2v) is 10.9. The number of rotatable bonds is 12. The van der Waals surface area contributed by atoms with E-state index in [1.807, 2.05) is 86.6 Å². The van der Waals surface area contributed by atoms with E-state index < -0.39 is 6.04 Å². The molecule has 0 aliphatic carbocycles. The molecule has 3 aromatic rings. The zero-order valence-corrected chi connectivity index (χ0v) is 23.0. The third-order valence-corrected chi connectivity index (χ3v) is 7.23. The molecule has 0 radical (unpaired) electrons. The van der Waals surface area contributed by atoms with Crippen LogP contribution in [-0.4, -0.2) is 35.1 Å². The molecular weight excluding hydrogens is 511 g/mol. The fraction of sp³-hybridized carbons (Fsp3) is 0.310. The Morgan fingerprint density at radius 2 is 1.61 bits per heavy atom. The molecule has 3 aromatic carbocycles. The van der Waals surface area contributed by atoms with Crippen LogP contribution >= 0.6 is 35.0 Å². The van der Waals surface area contributed by atoms with E-state index in [1.165, 1.54) is 11.8 Å². The average molecular weight is 544 g/mol. The molecule has 0 saturated carbocycles. The largest absolute Gasteiger partial charge is 0.354 e. The second kappa shape index (κ2) is 14.3. The minimum Gasteiger partial charge on any atom is -0.354 e. The van der Waals surface area contributed by atoms with Crippen molar-refractivity contribution >= 4 is 46.8 Å². The van der Waals surface area contributed by atoms with Gasteiger partial charge in [0.2, 0.25) is 11.8 Å². The van der Waals surface area contributed by atoms with Crippen LogP contribution in [-0.2, 0) is 28.3 Å². The third kappa shape index (κ3) is 8.88. The number of benzene rings is 3. The van der Waals surface area contributed by atoms with Crippen molar-refractivity contribution in [2.75, 3.05) is 12.3 Å². The van der Waals surface area contributed by atoms with Gasteiger partial charge < -0.3 is 10.2 Å². The number of hydrogen-bond donors (Lipinski definition) is 1. The number of hydrogen-bond acceptors (Lipinski definition) is 3. The summed E-state index contributed by atoms with van der Waals surface area (Å²) in [5.41, 5.74) is 2.85. The molecule has 36 heavy (non-hydrogen) atoms. The molecule has 0 aliphatic rings. The van der Waals surface area contributed by atoms with Gasteiger partial charge >= 0.3 is 0 Å². The Kier molecular flexibility index (Phi) is 11.2. The normalized spacial score (nSPS) is 11.8. The van der Waals surface area contributed by atoms with Crippen molar-refractivity contribution in [3.05, 3.63) is 106 Å². The minimum atomic E-state index is -0.665. The number of nitrogens with zero attached hydrogens (tertiary/aromatic N) is 1. The molecule has 0 heterocycles. The summed E-state index contributed by atoms with van der Waals surface area (Å²) in [4.78, 5) is 28.8. The number of amides is 2. The van der Waals surface area contributed by atoms with Gasteiger partial charge in [-0.25, -0.2) is 0 Å². The molecule has 0 saturated heterocycles. The molecular formula is C29H32Cl2N2O2S. The standard InChI is InChI=1S/C29H32Cl2N2O2S/c1-21(2)17-32-29(35)27(16-22-9-4-3-5-10-22)33(18-24-12-6-7-14-26(24)31)28(34)20-36-19-23-11-8-13-25(30)15-23/h3-15,21,27H,16-20H2,1-2H3,(H,32,35). The fourth-order valence-electron chi connectivity index (χ4n) is 3.75. The zero-order chi connectivity index (χ0) is 25.9. The van der Waals surface area contributed by atoms with E-state index in [0.717, 1.165) is 16.7 Å². The van der Waals surface area contributed by atoms with Gasteiger partial charge in [0, 0.05) is 35.3 Å². The van der Waals surface area contributed by atoms with Crippen molar-refractivity contribution in [3.8, 4) is 0 Å².